The Hall–Kier alpha value is -3.35. The molecule has 0 saturated carbocycles. The monoisotopic (exact) mass is 366 g/mol. The average Bonchev–Trinajstić information content (AvgIpc) is 3.01. The highest BCUT2D eigenvalue weighted by molar-refractivity contribution is 6.26. The van der Waals surface area contributed by atoms with E-state index in [1.807, 2.05) is 42.9 Å². The maximum absolute atomic E-state index is 14.4. The molecule has 0 fully saturated rings. The van der Waals surface area contributed by atoms with E-state index in [-0.39, 0.29) is 17.0 Å². The summed E-state index contributed by atoms with van der Waals surface area (Å²) < 4.78 is 16.3. The molecule has 0 aliphatic heterocycles. The first-order valence-corrected chi connectivity index (χ1v) is 8.62. The molecule has 1 aromatic carbocycles. The van der Waals surface area contributed by atoms with Crippen molar-refractivity contribution in [3.05, 3.63) is 65.6 Å². The summed E-state index contributed by atoms with van der Waals surface area (Å²) in [6, 6.07) is 10.1. The van der Waals surface area contributed by atoms with Gasteiger partial charge >= 0.3 is 0 Å². The van der Waals surface area contributed by atoms with Crippen LogP contribution in [0.4, 0.5) is 15.8 Å². The van der Waals surface area contributed by atoms with Crippen LogP contribution in [0.3, 0.4) is 0 Å². The van der Waals surface area contributed by atoms with Crippen LogP contribution in [0.25, 0.3) is 11.2 Å². The van der Waals surface area contributed by atoms with Crippen molar-refractivity contribution >= 4 is 28.5 Å². The molecular weight excluding hydrogens is 347 g/mol. The highest BCUT2D eigenvalue weighted by Gasteiger charge is 2.29. The third kappa shape index (κ3) is 2.91. The quantitative estimate of drug-likeness (QED) is 0.745. The number of anilines is 2. The molecule has 0 spiro atoms. The number of nitrogens with one attached hydrogen (secondary N) is 1. The highest BCUT2D eigenvalue weighted by Crippen LogP contribution is 2.32. The molecule has 138 valence electrons. The van der Waals surface area contributed by atoms with E-state index in [2.05, 4.69) is 10.3 Å². The van der Waals surface area contributed by atoms with Crippen LogP contribution < -0.4 is 10.2 Å². The molecule has 2 heterocycles. The first-order chi connectivity index (χ1) is 13.0. The van der Waals surface area contributed by atoms with Crippen molar-refractivity contribution in [2.75, 3.05) is 24.3 Å². The van der Waals surface area contributed by atoms with Crippen LogP contribution in [0.1, 0.15) is 17.8 Å². The molecule has 0 radical (unpaired) electrons. The van der Waals surface area contributed by atoms with Gasteiger partial charge in [-0.05, 0) is 36.8 Å². The lowest BCUT2D eigenvalue weighted by molar-refractivity contribution is -0.111. The molecule has 0 saturated heterocycles. The standard InChI is InChI=1S/C20H19FN4O2/c1-24(2)12-6-7-14(13(21)11-12)22-20(27)18-16(26)9-8-15-19(18)23-17-5-3-4-10-25(15)17/h3-7,10-11,26H,8-9H2,1-2H3,(H,22,27). The van der Waals surface area contributed by atoms with Gasteiger partial charge in [0.15, 0.2) is 0 Å². The predicted octanol–water partition coefficient (Wildman–Crippen LogP) is 3.39. The number of nitrogens with zero attached hydrogens (tertiary/aromatic N) is 3. The van der Waals surface area contributed by atoms with E-state index in [0.29, 0.717) is 29.9 Å². The Morgan fingerprint density at radius 1 is 1.26 bits per heavy atom. The van der Waals surface area contributed by atoms with Crippen molar-refractivity contribution in [3.8, 4) is 0 Å². The molecule has 1 amide bonds. The van der Waals surface area contributed by atoms with Gasteiger partial charge in [0.1, 0.15) is 28.5 Å². The molecule has 0 bridgehead atoms. The van der Waals surface area contributed by atoms with Crippen molar-refractivity contribution in [3.63, 3.8) is 0 Å². The number of aliphatic hydroxyl groups excluding tert-OH is 1. The number of allylic oxidation sites excluding steroid dienone is 1. The number of pyridine rings is 1. The fraction of sp³-hybridized carbons (Fsp3) is 0.200. The summed E-state index contributed by atoms with van der Waals surface area (Å²) in [5.41, 5.74) is 2.83. The molecule has 7 heteroatoms. The van der Waals surface area contributed by atoms with Crippen LogP contribution in [0, 0.1) is 5.82 Å². The van der Waals surface area contributed by atoms with Gasteiger partial charge in [-0.15, -0.1) is 0 Å². The largest absolute Gasteiger partial charge is 0.511 e. The number of aryl methyl sites for hydroxylation is 1. The fourth-order valence-electron chi connectivity index (χ4n) is 3.29. The molecule has 2 aromatic heterocycles. The number of aliphatic hydroxyl groups is 1. The Balaban J connectivity index is 1.70. The summed E-state index contributed by atoms with van der Waals surface area (Å²) in [5.74, 6) is -1.15. The minimum Gasteiger partial charge on any atom is -0.511 e. The third-order valence-electron chi connectivity index (χ3n) is 4.70. The molecular formula is C20H19FN4O2. The molecule has 4 rings (SSSR count). The molecule has 6 nitrogen and oxygen atoms in total. The Kier molecular flexibility index (Phi) is 4.07. The summed E-state index contributed by atoms with van der Waals surface area (Å²) in [7, 11) is 3.62. The number of imidazole rings is 1. The molecule has 1 aliphatic rings. The van der Waals surface area contributed by atoms with Crippen LogP contribution in [-0.2, 0) is 11.2 Å². The number of carbonyl (C=O) groups excluding carboxylic acids is 1. The van der Waals surface area contributed by atoms with E-state index >= 15 is 0 Å². The van der Waals surface area contributed by atoms with Gasteiger partial charge in [-0.25, -0.2) is 9.37 Å². The molecule has 2 N–H and O–H groups in total. The van der Waals surface area contributed by atoms with Gasteiger partial charge < -0.3 is 19.7 Å². The molecule has 1 aliphatic carbocycles. The zero-order valence-corrected chi connectivity index (χ0v) is 15.0. The summed E-state index contributed by atoms with van der Waals surface area (Å²) in [6.45, 7) is 0. The first-order valence-electron chi connectivity index (χ1n) is 8.62. The molecule has 3 aromatic rings. The lowest BCUT2D eigenvalue weighted by Crippen LogP contribution is -2.20. The maximum Gasteiger partial charge on any atom is 0.261 e. The second kappa shape index (κ2) is 6.42. The van der Waals surface area contributed by atoms with Gasteiger partial charge in [-0.2, -0.15) is 0 Å². The topological polar surface area (TPSA) is 69.9 Å². The fourth-order valence-corrected chi connectivity index (χ4v) is 3.29. The first kappa shape index (κ1) is 17.1. The van der Waals surface area contributed by atoms with Crippen molar-refractivity contribution in [1.82, 2.24) is 9.38 Å². The zero-order chi connectivity index (χ0) is 19.1. The van der Waals surface area contributed by atoms with Crippen molar-refractivity contribution in [2.45, 2.75) is 12.8 Å². The van der Waals surface area contributed by atoms with Gasteiger partial charge in [-0.1, -0.05) is 6.07 Å². The third-order valence-corrected chi connectivity index (χ3v) is 4.70. The number of halogens is 1. The Labute approximate surface area is 155 Å². The van der Waals surface area contributed by atoms with Gasteiger partial charge in [0.25, 0.3) is 5.91 Å². The molecule has 0 unspecified atom stereocenters. The van der Waals surface area contributed by atoms with Gasteiger partial charge in [0.05, 0.1) is 11.4 Å². The Bertz CT molecular complexity index is 1080. The number of rotatable bonds is 3. The number of aromatic nitrogens is 2. The van der Waals surface area contributed by atoms with Crippen molar-refractivity contribution < 1.29 is 14.3 Å². The van der Waals surface area contributed by atoms with Crippen LogP contribution in [-0.4, -0.2) is 34.5 Å². The molecule has 0 atom stereocenters. The van der Waals surface area contributed by atoms with Crippen LogP contribution in [0.5, 0.6) is 0 Å². The minimum atomic E-state index is -0.576. The Morgan fingerprint density at radius 2 is 2.07 bits per heavy atom. The predicted molar refractivity (Wildman–Crippen MR) is 102 cm³/mol. The molecule has 27 heavy (non-hydrogen) atoms. The van der Waals surface area contributed by atoms with Crippen LogP contribution in [0.15, 0.2) is 48.4 Å². The normalized spacial score (nSPS) is 13.6. The van der Waals surface area contributed by atoms with Crippen molar-refractivity contribution in [2.24, 2.45) is 0 Å². The minimum absolute atomic E-state index is 0.0336. The number of hydrogen-bond acceptors (Lipinski definition) is 4. The maximum atomic E-state index is 14.4. The smallest absolute Gasteiger partial charge is 0.261 e. The number of amides is 1. The van der Waals surface area contributed by atoms with Gasteiger partial charge in [0.2, 0.25) is 0 Å². The Morgan fingerprint density at radius 3 is 2.81 bits per heavy atom. The van der Waals surface area contributed by atoms with E-state index in [1.165, 1.54) is 12.1 Å². The van der Waals surface area contributed by atoms with E-state index in [4.69, 9.17) is 0 Å². The van der Waals surface area contributed by atoms with E-state index < -0.39 is 11.7 Å². The van der Waals surface area contributed by atoms with Gasteiger partial charge in [0, 0.05) is 32.4 Å². The number of carbonyl (C=O) groups is 1. The van der Waals surface area contributed by atoms with Gasteiger partial charge in [-0.3, -0.25) is 4.79 Å². The lowest BCUT2D eigenvalue weighted by atomic mass is 9.97. The average molecular weight is 366 g/mol. The van der Waals surface area contributed by atoms with Crippen LogP contribution >= 0.6 is 0 Å². The van der Waals surface area contributed by atoms with E-state index in [0.717, 1.165) is 5.69 Å². The number of benzene rings is 1. The van der Waals surface area contributed by atoms with Crippen LogP contribution in [0.2, 0.25) is 0 Å². The summed E-state index contributed by atoms with van der Waals surface area (Å²) in [4.78, 5) is 19.1. The van der Waals surface area contributed by atoms with Crippen molar-refractivity contribution in [1.29, 1.82) is 0 Å². The van der Waals surface area contributed by atoms with E-state index in [1.54, 1.807) is 11.0 Å². The van der Waals surface area contributed by atoms with E-state index in [9.17, 15) is 14.3 Å². The number of fused-ring (bicyclic) bond motifs is 3. The summed E-state index contributed by atoms with van der Waals surface area (Å²) in [5, 5.41) is 12.9. The zero-order valence-electron chi connectivity index (χ0n) is 15.0. The summed E-state index contributed by atoms with van der Waals surface area (Å²) in [6.07, 6.45) is 2.79. The lowest BCUT2D eigenvalue weighted by Gasteiger charge is -2.17. The number of hydrogen-bond donors (Lipinski definition) is 2. The highest BCUT2D eigenvalue weighted by atomic mass is 19.1. The second-order valence-corrected chi connectivity index (χ2v) is 6.67. The second-order valence-electron chi connectivity index (χ2n) is 6.67. The SMILES string of the molecule is CN(C)c1ccc(NC(=O)C2=C(O)CCc3c2nc2ccccn32)c(F)c1. The summed E-state index contributed by atoms with van der Waals surface area (Å²) >= 11 is 0.